The van der Waals surface area contributed by atoms with Crippen molar-refractivity contribution in [1.82, 2.24) is 15.2 Å². The van der Waals surface area contributed by atoms with Crippen molar-refractivity contribution in [3.05, 3.63) is 28.5 Å². The molecule has 2 amide bonds. The average molecular weight is 350 g/mol. The van der Waals surface area contributed by atoms with Crippen LogP contribution in [-0.4, -0.2) is 34.3 Å². The van der Waals surface area contributed by atoms with Crippen molar-refractivity contribution in [3.63, 3.8) is 0 Å². The van der Waals surface area contributed by atoms with E-state index >= 15 is 0 Å². The highest BCUT2D eigenvalue weighted by molar-refractivity contribution is 6.31. The minimum atomic E-state index is -4.52. The monoisotopic (exact) mass is 349 g/mol. The van der Waals surface area contributed by atoms with E-state index in [1.807, 2.05) is 0 Å². The number of hydrogen-bond donors (Lipinski definition) is 1. The largest absolute Gasteiger partial charge is 0.417 e. The first-order valence-corrected chi connectivity index (χ1v) is 7.34. The Morgan fingerprint density at radius 1 is 1.48 bits per heavy atom. The summed E-state index contributed by atoms with van der Waals surface area (Å²) in [6.45, 7) is 1.81. The summed E-state index contributed by atoms with van der Waals surface area (Å²) in [5.41, 5.74) is -0.809. The van der Waals surface area contributed by atoms with Crippen LogP contribution in [0.4, 0.5) is 13.2 Å². The molecule has 9 heteroatoms. The summed E-state index contributed by atoms with van der Waals surface area (Å²) in [6.07, 6.45) is -2.56. The first kappa shape index (κ1) is 17.5. The van der Waals surface area contributed by atoms with E-state index < -0.39 is 17.8 Å². The Labute approximate surface area is 135 Å². The fraction of sp³-hybridized carbons (Fsp3) is 0.500. The van der Waals surface area contributed by atoms with Crippen LogP contribution in [-0.2, 0) is 22.3 Å². The Hall–Kier alpha value is -1.83. The van der Waals surface area contributed by atoms with E-state index in [0.29, 0.717) is 19.2 Å². The van der Waals surface area contributed by atoms with Gasteiger partial charge in [0, 0.05) is 19.7 Å². The normalized spacial score (nSPS) is 18.1. The zero-order valence-corrected chi connectivity index (χ0v) is 13.0. The van der Waals surface area contributed by atoms with Crippen LogP contribution in [0.5, 0.6) is 0 Å². The fourth-order valence-electron chi connectivity index (χ4n) is 2.46. The number of carbonyl (C=O) groups is 2. The predicted octanol–water partition coefficient (Wildman–Crippen LogP) is 2.38. The zero-order chi connectivity index (χ0) is 17.2. The summed E-state index contributed by atoms with van der Waals surface area (Å²) in [7, 11) is 0. The Kier molecular flexibility index (Phi) is 5.13. The van der Waals surface area contributed by atoms with Gasteiger partial charge in [-0.05, 0) is 18.9 Å². The van der Waals surface area contributed by atoms with Crippen molar-refractivity contribution in [2.24, 2.45) is 0 Å². The summed E-state index contributed by atoms with van der Waals surface area (Å²) in [6, 6.07) is 0.216. The van der Waals surface area contributed by atoms with Gasteiger partial charge in [0.15, 0.2) is 0 Å². The van der Waals surface area contributed by atoms with Crippen LogP contribution >= 0.6 is 11.6 Å². The van der Waals surface area contributed by atoms with Gasteiger partial charge in [0.1, 0.15) is 6.04 Å². The third-order valence-corrected chi connectivity index (χ3v) is 3.96. The molecule has 1 aliphatic heterocycles. The Morgan fingerprint density at radius 3 is 2.74 bits per heavy atom. The molecule has 0 saturated carbocycles. The van der Waals surface area contributed by atoms with Crippen LogP contribution in [0.25, 0.3) is 0 Å². The molecular formula is C14H15ClF3N3O2. The quantitative estimate of drug-likeness (QED) is 0.911. The summed E-state index contributed by atoms with van der Waals surface area (Å²) in [4.78, 5) is 28.7. The Morgan fingerprint density at radius 2 is 2.17 bits per heavy atom. The maximum Gasteiger partial charge on any atom is 0.417 e. The lowest BCUT2D eigenvalue weighted by molar-refractivity contribution is -0.137. The van der Waals surface area contributed by atoms with E-state index in [1.165, 1.54) is 11.8 Å². The summed E-state index contributed by atoms with van der Waals surface area (Å²) in [5, 5.41) is 2.39. The highest BCUT2D eigenvalue weighted by Crippen LogP contribution is 2.31. The topological polar surface area (TPSA) is 62.3 Å². The molecule has 1 aromatic heterocycles. The van der Waals surface area contributed by atoms with Gasteiger partial charge >= 0.3 is 6.18 Å². The SMILES string of the molecule is CC(=O)N1CCC[C@H]1C(=O)NCc1ncc(C(F)(F)F)cc1Cl. The Bertz CT molecular complexity index is 622. The number of likely N-dealkylation sites (tertiary alicyclic amines) is 1. The molecule has 0 spiro atoms. The lowest BCUT2D eigenvalue weighted by Crippen LogP contribution is -2.45. The van der Waals surface area contributed by atoms with Gasteiger partial charge in [-0.1, -0.05) is 11.6 Å². The summed E-state index contributed by atoms with van der Waals surface area (Å²) >= 11 is 5.78. The summed E-state index contributed by atoms with van der Waals surface area (Å²) < 4.78 is 37.6. The maximum atomic E-state index is 12.5. The number of amides is 2. The van der Waals surface area contributed by atoms with Crippen molar-refractivity contribution in [1.29, 1.82) is 0 Å². The molecule has 1 aliphatic rings. The second-order valence-electron chi connectivity index (χ2n) is 5.24. The van der Waals surface area contributed by atoms with E-state index in [2.05, 4.69) is 10.3 Å². The molecule has 1 N–H and O–H groups in total. The van der Waals surface area contributed by atoms with Gasteiger partial charge in [0.25, 0.3) is 0 Å². The number of hydrogen-bond acceptors (Lipinski definition) is 3. The van der Waals surface area contributed by atoms with Crippen LogP contribution in [0.3, 0.4) is 0 Å². The molecule has 2 rings (SSSR count). The number of halogens is 4. The highest BCUT2D eigenvalue weighted by atomic mass is 35.5. The van der Waals surface area contributed by atoms with Gasteiger partial charge in [-0.2, -0.15) is 13.2 Å². The second kappa shape index (κ2) is 6.74. The standard InChI is InChI=1S/C14H15ClF3N3O2/c1-8(22)21-4-2-3-12(21)13(23)20-7-11-10(15)5-9(6-19-11)14(16,17)18/h5-6,12H,2-4,7H2,1H3,(H,20,23)/t12-/m0/s1. The van der Waals surface area contributed by atoms with Crippen molar-refractivity contribution < 1.29 is 22.8 Å². The number of nitrogens with one attached hydrogen (secondary N) is 1. The first-order valence-electron chi connectivity index (χ1n) is 6.96. The minimum Gasteiger partial charge on any atom is -0.349 e. The van der Waals surface area contributed by atoms with Crippen LogP contribution < -0.4 is 5.32 Å². The van der Waals surface area contributed by atoms with Crippen molar-refractivity contribution >= 4 is 23.4 Å². The number of alkyl halides is 3. The van der Waals surface area contributed by atoms with E-state index in [0.717, 1.165) is 12.5 Å². The van der Waals surface area contributed by atoms with Gasteiger partial charge in [-0.3, -0.25) is 14.6 Å². The van der Waals surface area contributed by atoms with Gasteiger partial charge in [-0.15, -0.1) is 0 Å². The van der Waals surface area contributed by atoms with Gasteiger partial charge in [-0.25, -0.2) is 0 Å². The molecule has 0 radical (unpaired) electrons. The van der Waals surface area contributed by atoms with Crippen LogP contribution in [0.15, 0.2) is 12.3 Å². The molecule has 0 aromatic carbocycles. The van der Waals surface area contributed by atoms with E-state index in [9.17, 15) is 22.8 Å². The van der Waals surface area contributed by atoms with Crippen molar-refractivity contribution in [3.8, 4) is 0 Å². The van der Waals surface area contributed by atoms with E-state index in [4.69, 9.17) is 11.6 Å². The Balaban J connectivity index is 2.01. The molecular weight excluding hydrogens is 335 g/mol. The third-order valence-electron chi connectivity index (χ3n) is 3.63. The molecule has 1 saturated heterocycles. The van der Waals surface area contributed by atoms with Gasteiger partial charge < -0.3 is 10.2 Å². The van der Waals surface area contributed by atoms with Crippen molar-refractivity contribution in [2.75, 3.05) is 6.54 Å². The maximum absolute atomic E-state index is 12.5. The van der Waals surface area contributed by atoms with Crippen LogP contribution in [0.1, 0.15) is 31.0 Å². The van der Waals surface area contributed by atoms with Crippen LogP contribution in [0, 0.1) is 0 Å². The second-order valence-corrected chi connectivity index (χ2v) is 5.65. The number of rotatable bonds is 3. The van der Waals surface area contributed by atoms with E-state index in [-0.39, 0.29) is 29.1 Å². The van der Waals surface area contributed by atoms with E-state index in [1.54, 1.807) is 0 Å². The predicted molar refractivity (Wildman–Crippen MR) is 76.5 cm³/mol. The molecule has 0 bridgehead atoms. The number of nitrogens with zero attached hydrogens (tertiary/aromatic N) is 2. The molecule has 1 aromatic rings. The average Bonchev–Trinajstić information content (AvgIpc) is 2.94. The van der Waals surface area contributed by atoms with Gasteiger partial charge in [0.05, 0.1) is 22.8 Å². The van der Waals surface area contributed by atoms with Crippen molar-refractivity contribution in [2.45, 2.75) is 38.5 Å². The van der Waals surface area contributed by atoms with Gasteiger partial charge in [0.2, 0.25) is 11.8 Å². The zero-order valence-electron chi connectivity index (χ0n) is 12.3. The highest BCUT2D eigenvalue weighted by Gasteiger charge is 2.33. The number of carbonyl (C=O) groups excluding carboxylic acids is 2. The lowest BCUT2D eigenvalue weighted by atomic mass is 10.2. The molecule has 5 nitrogen and oxygen atoms in total. The molecule has 2 heterocycles. The molecule has 23 heavy (non-hydrogen) atoms. The number of aromatic nitrogens is 1. The minimum absolute atomic E-state index is 0.0992. The smallest absolute Gasteiger partial charge is 0.349 e. The van der Waals surface area contributed by atoms with Crippen LogP contribution in [0.2, 0.25) is 5.02 Å². The summed E-state index contributed by atoms with van der Waals surface area (Å²) in [5.74, 6) is -0.552. The fourth-order valence-corrected chi connectivity index (χ4v) is 2.69. The molecule has 1 fully saturated rings. The molecule has 0 aliphatic carbocycles. The lowest BCUT2D eigenvalue weighted by Gasteiger charge is -2.22. The molecule has 1 atom stereocenters. The first-order chi connectivity index (χ1) is 10.7. The third kappa shape index (κ3) is 4.13. The molecule has 0 unspecified atom stereocenters. The molecule has 126 valence electrons. The number of pyridine rings is 1.